The van der Waals surface area contributed by atoms with E-state index in [4.69, 9.17) is 23.2 Å². The molecule has 0 radical (unpaired) electrons. The quantitative estimate of drug-likeness (QED) is 0.591. The standard InChI is InChI=1S/C16H16Cl2N4O2/c1-9-3-5-11(7-13(9)17)19-15(23)21-22-16(24)20-12-6-4-10(2)14(18)8-12/h3-8H,1-2H3,(H2,19,21,23)(H2,20,22,24). The van der Waals surface area contributed by atoms with Crippen molar-refractivity contribution in [3.63, 3.8) is 0 Å². The van der Waals surface area contributed by atoms with Crippen LogP contribution in [0.3, 0.4) is 0 Å². The maximum absolute atomic E-state index is 11.7. The summed E-state index contributed by atoms with van der Waals surface area (Å²) in [4.78, 5) is 23.5. The molecule has 0 saturated carbocycles. The van der Waals surface area contributed by atoms with Gasteiger partial charge in [-0.05, 0) is 49.2 Å². The van der Waals surface area contributed by atoms with E-state index in [1.54, 1.807) is 36.4 Å². The highest BCUT2D eigenvalue weighted by Gasteiger charge is 2.07. The van der Waals surface area contributed by atoms with Crippen molar-refractivity contribution in [2.24, 2.45) is 0 Å². The van der Waals surface area contributed by atoms with Crippen LogP contribution in [0, 0.1) is 13.8 Å². The molecule has 4 amide bonds. The first-order chi connectivity index (χ1) is 11.3. The van der Waals surface area contributed by atoms with Gasteiger partial charge in [-0.2, -0.15) is 0 Å². The Hall–Kier alpha value is -2.44. The Bertz CT molecular complexity index is 715. The van der Waals surface area contributed by atoms with Crippen molar-refractivity contribution >= 4 is 46.6 Å². The predicted octanol–water partition coefficient (Wildman–Crippen LogP) is 4.47. The Morgan fingerprint density at radius 3 is 1.46 bits per heavy atom. The summed E-state index contributed by atoms with van der Waals surface area (Å²) in [5.74, 6) is 0. The van der Waals surface area contributed by atoms with Crippen LogP contribution < -0.4 is 21.5 Å². The number of anilines is 2. The molecule has 6 nitrogen and oxygen atoms in total. The van der Waals surface area contributed by atoms with Crippen LogP contribution in [-0.2, 0) is 0 Å². The van der Waals surface area contributed by atoms with Gasteiger partial charge in [0, 0.05) is 21.4 Å². The molecule has 0 saturated heterocycles. The second-order valence-electron chi connectivity index (χ2n) is 5.09. The number of benzene rings is 2. The highest BCUT2D eigenvalue weighted by atomic mass is 35.5. The van der Waals surface area contributed by atoms with Gasteiger partial charge in [0.1, 0.15) is 0 Å². The SMILES string of the molecule is Cc1ccc(NC(=O)NNC(=O)Nc2ccc(C)c(Cl)c2)cc1Cl. The van der Waals surface area contributed by atoms with E-state index >= 15 is 0 Å². The molecule has 2 rings (SSSR count). The number of nitrogens with one attached hydrogen (secondary N) is 4. The van der Waals surface area contributed by atoms with E-state index in [-0.39, 0.29) is 0 Å². The number of rotatable bonds is 2. The number of aryl methyl sites for hydroxylation is 2. The minimum absolute atomic E-state index is 0.510. The molecule has 0 aliphatic carbocycles. The van der Waals surface area contributed by atoms with E-state index in [1.807, 2.05) is 13.8 Å². The van der Waals surface area contributed by atoms with Gasteiger partial charge >= 0.3 is 12.1 Å². The smallest absolute Gasteiger partial charge is 0.307 e. The number of carbonyl (C=O) groups excluding carboxylic acids is 2. The van der Waals surface area contributed by atoms with Gasteiger partial charge in [0.2, 0.25) is 0 Å². The lowest BCUT2D eigenvalue weighted by Gasteiger charge is -2.11. The van der Waals surface area contributed by atoms with Gasteiger partial charge in [-0.15, -0.1) is 0 Å². The summed E-state index contributed by atoms with van der Waals surface area (Å²) >= 11 is 12.0. The molecule has 2 aromatic carbocycles. The van der Waals surface area contributed by atoms with Gasteiger partial charge in [0.15, 0.2) is 0 Å². The van der Waals surface area contributed by atoms with Crippen LogP contribution in [0.4, 0.5) is 21.0 Å². The number of halogens is 2. The largest absolute Gasteiger partial charge is 0.337 e. The molecule has 0 bridgehead atoms. The minimum atomic E-state index is -0.605. The summed E-state index contributed by atoms with van der Waals surface area (Å²) in [5, 5.41) is 6.17. The molecule has 8 heteroatoms. The average molecular weight is 367 g/mol. The first-order valence-corrected chi connectivity index (χ1v) is 7.77. The minimum Gasteiger partial charge on any atom is -0.307 e. The second kappa shape index (κ2) is 7.90. The van der Waals surface area contributed by atoms with E-state index in [1.165, 1.54) is 0 Å². The number of hydrogen-bond acceptors (Lipinski definition) is 2. The molecule has 2 aromatic rings. The molecule has 0 heterocycles. The van der Waals surface area contributed by atoms with Gasteiger partial charge in [0.25, 0.3) is 0 Å². The zero-order valence-electron chi connectivity index (χ0n) is 13.0. The summed E-state index contributed by atoms with van der Waals surface area (Å²) in [6.45, 7) is 3.71. The van der Waals surface area contributed by atoms with E-state index < -0.39 is 12.1 Å². The Labute approximate surface area is 149 Å². The van der Waals surface area contributed by atoms with Gasteiger partial charge in [-0.3, -0.25) is 0 Å². The van der Waals surface area contributed by atoms with Crippen molar-refractivity contribution in [2.75, 3.05) is 10.6 Å². The maximum Gasteiger partial charge on any atom is 0.337 e. The van der Waals surface area contributed by atoms with Crippen molar-refractivity contribution in [3.05, 3.63) is 57.6 Å². The summed E-state index contributed by atoms with van der Waals surface area (Å²) in [6, 6.07) is 8.98. The third-order valence-electron chi connectivity index (χ3n) is 3.15. The fraction of sp³-hybridized carbons (Fsp3) is 0.125. The molecule has 0 unspecified atom stereocenters. The van der Waals surface area contributed by atoms with Crippen molar-refractivity contribution in [3.8, 4) is 0 Å². The molecule has 0 spiro atoms. The predicted molar refractivity (Wildman–Crippen MR) is 96.7 cm³/mol. The van der Waals surface area contributed by atoms with E-state index in [2.05, 4.69) is 21.5 Å². The topological polar surface area (TPSA) is 82.3 Å². The number of carbonyl (C=O) groups is 2. The van der Waals surface area contributed by atoms with Crippen LogP contribution in [0.2, 0.25) is 10.0 Å². The summed E-state index contributed by atoms with van der Waals surface area (Å²) in [7, 11) is 0. The van der Waals surface area contributed by atoms with Gasteiger partial charge in [-0.25, -0.2) is 20.4 Å². The second-order valence-corrected chi connectivity index (χ2v) is 5.90. The highest BCUT2D eigenvalue weighted by Crippen LogP contribution is 2.20. The summed E-state index contributed by atoms with van der Waals surface area (Å²) in [5.41, 5.74) is 7.27. The molecular formula is C16H16Cl2N4O2. The molecule has 0 atom stereocenters. The lowest BCUT2D eigenvalue weighted by Crippen LogP contribution is -2.45. The van der Waals surface area contributed by atoms with E-state index in [0.717, 1.165) is 11.1 Å². The lowest BCUT2D eigenvalue weighted by molar-refractivity contribution is 0.237. The fourth-order valence-corrected chi connectivity index (χ4v) is 2.14. The van der Waals surface area contributed by atoms with Crippen molar-refractivity contribution < 1.29 is 9.59 Å². The molecule has 126 valence electrons. The monoisotopic (exact) mass is 366 g/mol. The Balaban J connectivity index is 1.83. The number of urea groups is 2. The maximum atomic E-state index is 11.7. The number of hydrazine groups is 1. The molecule has 0 aromatic heterocycles. The zero-order chi connectivity index (χ0) is 17.7. The van der Waals surface area contributed by atoms with E-state index in [9.17, 15) is 9.59 Å². The number of hydrogen-bond donors (Lipinski definition) is 4. The summed E-state index contributed by atoms with van der Waals surface area (Å²) in [6.07, 6.45) is 0. The molecule has 0 aliphatic heterocycles. The lowest BCUT2D eigenvalue weighted by atomic mass is 10.2. The van der Waals surface area contributed by atoms with Crippen LogP contribution in [0.5, 0.6) is 0 Å². The Morgan fingerprint density at radius 2 is 1.12 bits per heavy atom. The van der Waals surface area contributed by atoms with E-state index in [0.29, 0.717) is 21.4 Å². The van der Waals surface area contributed by atoms with Crippen molar-refractivity contribution in [2.45, 2.75) is 13.8 Å². The van der Waals surface area contributed by atoms with Crippen molar-refractivity contribution in [1.82, 2.24) is 10.9 Å². The molecule has 0 fully saturated rings. The molecule has 4 N–H and O–H groups in total. The fourth-order valence-electron chi connectivity index (χ4n) is 1.78. The van der Waals surface area contributed by atoms with Crippen LogP contribution in [0.25, 0.3) is 0 Å². The molecule has 0 aliphatic rings. The first kappa shape index (κ1) is 17.9. The third kappa shape index (κ3) is 5.04. The average Bonchev–Trinajstić information content (AvgIpc) is 2.53. The summed E-state index contributed by atoms with van der Waals surface area (Å²) < 4.78 is 0. The van der Waals surface area contributed by atoms with Gasteiger partial charge in [-0.1, -0.05) is 35.3 Å². The van der Waals surface area contributed by atoms with Crippen LogP contribution in [-0.4, -0.2) is 12.1 Å². The zero-order valence-corrected chi connectivity index (χ0v) is 14.5. The molecular weight excluding hydrogens is 351 g/mol. The van der Waals surface area contributed by atoms with Crippen LogP contribution in [0.15, 0.2) is 36.4 Å². The van der Waals surface area contributed by atoms with Gasteiger partial charge < -0.3 is 10.6 Å². The van der Waals surface area contributed by atoms with Gasteiger partial charge in [0.05, 0.1) is 0 Å². The van der Waals surface area contributed by atoms with Crippen LogP contribution in [0.1, 0.15) is 11.1 Å². The van der Waals surface area contributed by atoms with Crippen molar-refractivity contribution in [1.29, 1.82) is 0 Å². The molecule has 24 heavy (non-hydrogen) atoms. The highest BCUT2D eigenvalue weighted by molar-refractivity contribution is 6.32. The van der Waals surface area contributed by atoms with Crippen LogP contribution >= 0.6 is 23.2 Å². The number of amides is 4. The Kier molecular flexibility index (Phi) is 5.89. The first-order valence-electron chi connectivity index (χ1n) is 7.01. The third-order valence-corrected chi connectivity index (χ3v) is 3.96. The Morgan fingerprint density at radius 1 is 0.750 bits per heavy atom. The normalized spacial score (nSPS) is 10.0.